The van der Waals surface area contributed by atoms with Crippen LogP contribution in [0, 0.1) is 18.8 Å². The topological polar surface area (TPSA) is 97.6 Å². The van der Waals surface area contributed by atoms with Crippen molar-refractivity contribution in [2.75, 3.05) is 0 Å². The highest BCUT2D eigenvalue weighted by Crippen LogP contribution is 2.57. The number of carbonyl (C=O) groups is 2. The highest BCUT2D eigenvalue weighted by atomic mass is 16.6. The maximum atomic E-state index is 12.9. The number of ether oxygens (including phenoxy) is 1. The number of aromatic nitrogens is 3. The van der Waals surface area contributed by atoms with Crippen molar-refractivity contribution in [3.8, 4) is 5.88 Å². The first-order chi connectivity index (χ1) is 15.9. The zero-order chi connectivity index (χ0) is 22.6. The van der Waals surface area contributed by atoms with E-state index in [9.17, 15) is 9.59 Å². The lowest BCUT2D eigenvalue weighted by Crippen LogP contribution is -2.70. The van der Waals surface area contributed by atoms with Crippen LogP contribution in [0.15, 0.2) is 48.8 Å². The second-order valence-corrected chi connectivity index (χ2v) is 10.2. The normalized spacial score (nSPS) is 29.7. The van der Waals surface area contributed by atoms with Crippen LogP contribution in [0.2, 0.25) is 0 Å². The third-order valence-electron chi connectivity index (χ3n) is 7.58. The van der Waals surface area contributed by atoms with E-state index in [0.717, 1.165) is 43.4 Å². The summed E-state index contributed by atoms with van der Waals surface area (Å²) in [6, 6.07) is 11.1. The summed E-state index contributed by atoms with van der Waals surface area (Å²) in [5.41, 5.74) is 1.50. The highest BCUT2D eigenvalue weighted by molar-refractivity contribution is 5.92. The minimum absolute atomic E-state index is 0.143. The van der Waals surface area contributed by atoms with Gasteiger partial charge in [0.25, 0.3) is 5.91 Å². The average molecular weight is 446 g/mol. The summed E-state index contributed by atoms with van der Waals surface area (Å²) in [6.45, 7) is 1.98. The molecule has 0 spiro atoms. The first-order valence-corrected chi connectivity index (χ1v) is 11.6. The number of fused-ring (bicyclic) bond motifs is 1. The molecule has 8 heteroatoms. The number of amides is 2. The molecule has 2 amide bonds. The second kappa shape index (κ2) is 7.30. The minimum atomic E-state index is -0.482. The van der Waals surface area contributed by atoms with Gasteiger partial charge in [-0.3, -0.25) is 9.78 Å². The zero-order valence-corrected chi connectivity index (χ0v) is 18.6. The zero-order valence-electron chi connectivity index (χ0n) is 18.6. The molecular formula is C25H27N5O3. The summed E-state index contributed by atoms with van der Waals surface area (Å²) in [6.07, 6.45) is 8.50. The van der Waals surface area contributed by atoms with Gasteiger partial charge in [0.15, 0.2) is 0 Å². The molecule has 0 aromatic carbocycles. The van der Waals surface area contributed by atoms with Crippen LogP contribution in [0.4, 0.5) is 4.79 Å². The molecule has 0 radical (unpaired) electrons. The molecule has 4 aliphatic rings. The third-order valence-corrected chi connectivity index (χ3v) is 7.58. The number of imidazole rings is 1. The van der Waals surface area contributed by atoms with Crippen LogP contribution in [0.5, 0.6) is 5.88 Å². The van der Waals surface area contributed by atoms with Crippen molar-refractivity contribution in [2.45, 2.75) is 56.5 Å². The van der Waals surface area contributed by atoms with Gasteiger partial charge in [-0.15, -0.1) is 0 Å². The number of hydrogen-bond acceptors (Lipinski definition) is 5. The van der Waals surface area contributed by atoms with Gasteiger partial charge >= 0.3 is 6.09 Å². The molecule has 4 fully saturated rings. The van der Waals surface area contributed by atoms with Gasteiger partial charge in [-0.1, -0.05) is 12.1 Å². The number of nitrogens with one attached hydrogen (secondary N) is 2. The molecule has 170 valence electrons. The molecule has 4 bridgehead atoms. The molecule has 4 aliphatic carbocycles. The van der Waals surface area contributed by atoms with Crippen LogP contribution in [-0.2, 0) is 0 Å². The molecule has 8 nitrogen and oxygen atoms in total. The van der Waals surface area contributed by atoms with Gasteiger partial charge in [0.05, 0.1) is 6.20 Å². The van der Waals surface area contributed by atoms with Crippen molar-refractivity contribution in [3.05, 3.63) is 60.2 Å². The van der Waals surface area contributed by atoms with E-state index >= 15 is 0 Å². The van der Waals surface area contributed by atoms with Crippen LogP contribution in [0.3, 0.4) is 0 Å². The standard InChI is InChI=1S/C25H27N5O3/c1-16-5-4-7-20-27-21(14-30(16)20)33-23(32)29-25-12-17-9-18(13-25)11-24(10-17,15-25)28-22(31)19-6-2-3-8-26-19/h2-8,14,17-18H,9-13,15H2,1H3,(H,28,31)(H,29,32). The molecule has 7 rings (SSSR count). The Morgan fingerprint density at radius 2 is 1.79 bits per heavy atom. The molecular weight excluding hydrogens is 418 g/mol. The summed E-state index contributed by atoms with van der Waals surface area (Å²) in [5.74, 6) is 1.10. The summed E-state index contributed by atoms with van der Waals surface area (Å²) >= 11 is 0. The Morgan fingerprint density at radius 3 is 2.48 bits per heavy atom. The fraction of sp³-hybridized carbons (Fsp3) is 0.440. The van der Waals surface area contributed by atoms with Gasteiger partial charge in [-0.2, -0.15) is 4.98 Å². The van der Waals surface area contributed by atoms with Crippen molar-refractivity contribution in [3.63, 3.8) is 0 Å². The van der Waals surface area contributed by atoms with E-state index in [4.69, 9.17) is 4.74 Å². The van der Waals surface area contributed by atoms with Gasteiger partial charge in [0.2, 0.25) is 5.88 Å². The maximum Gasteiger partial charge on any atom is 0.414 e. The Hall–Kier alpha value is -3.42. The molecule has 3 aromatic heterocycles. The summed E-state index contributed by atoms with van der Waals surface area (Å²) in [7, 11) is 0. The first kappa shape index (κ1) is 20.2. The summed E-state index contributed by atoms with van der Waals surface area (Å²) in [4.78, 5) is 34.5. The van der Waals surface area contributed by atoms with Crippen molar-refractivity contribution < 1.29 is 14.3 Å². The predicted molar refractivity (Wildman–Crippen MR) is 121 cm³/mol. The second-order valence-electron chi connectivity index (χ2n) is 10.2. The van der Waals surface area contributed by atoms with Gasteiger partial charge in [0.1, 0.15) is 11.3 Å². The molecule has 0 saturated heterocycles. The lowest BCUT2D eigenvalue weighted by atomic mass is 9.50. The molecule has 4 saturated carbocycles. The Kier molecular flexibility index (Phi) is 4.47. The Bertz CT molecular complexity index is 1220. The van der Waals surface area contributed by atoms with Crippen LogP contribution in [-0.4, -0.2) is 37.4 Å². The highest BCUT2D eigenvalue weighted by Gasteiger charge is 2.59. The van der Waals surface area contributed by atoms with Crippen molar-refractivity contribution in [1.82, 2.24) is 25.0 Å². The SMILES string of the molecule is Cc1cccc2nc(OC(=O)NC34CC5CC(C3)CC(NC(=O)c3ccccn3)(C5)C4)cn12. The monoisotopic (exact) mass is 445 g/mol. The average Bonchev–Trinajstić information content (AvgIpc) is 3.16. The minimum Gasteiger partial charge on any atom is -0.390 e. The van der Waals surface area contributed by atoms with Crippen molar-refractivity contribution in [1.29, 1.82) is 0 Å². The van der Waals surface area contributed by atoms with Crippen LogP contribution in [0.1, 0.15) is 54.7 Å². The Balaban J connectivity index is 1.19. The lowest BCUT2D eigenvalue weighted by Gasteiger charge is -2.61. The molecule has 2 atom stereocenters. The van der Waals surface area contributed by atoms with E-state index < -0.39 is 6.09 Å². The molecule has 2 N–H and O–H groups in total. The number of hydrogen-bond donors (Lipinski definition) is 2. The lowest BCUT2D eigenvalue weighted by molar-refractivity contribution is -0.0450. The Labute approximate surface area is 191 Å². The first-order valence-electron chi connectivity index (χ1n) is 11.6. The van der Waals surface area contributed by atoms with Gasteiger partial charge in [-0.25, -0.2) is 4.79 Å². The Morgan fingerprint density at radius 1 is 1.03 bits per heavy atom. The van der Waals surface area contributed by atoms with Crippen molar-refractivity contribution >= 4 is 17.6 Å². The quantitative estimate of drug-likeness (QED) is 0.639. The van der Waals surface area contributed by atoms with E-state index in [1.54, 1.807) is 24.5 Å². The van der Waals surface area contributed by atoms with E-state index in [1.807, 2.05) is 35.6 Å². The van der Waals surface area contributed by atoms with E-state index in [2.05, 4.69) is 20.6 Å². The number of carbonyl (C=O) groups excluding carboxylic acids is 2. The largest absolute Gasteiger partial charge is 0.414 e. The number of rotatable bonds is 4. The molecule has 2 unspecified atom stereocenters. The van der Waals surface area contributed by atoms with Crippen LogP contribution in [0.25, 0.3) is 5.65 Å². The van der Waals surface area contributed by atoms with E-state index in [1.165, 1.54) is 0 Å². The molecule has 3 heterocycles. The van der Waals surface area contributed by atoms with Gasteiger partial charge in [-0.05, 0) is 81.5 Å². The van der Waals surface area contributed by atoms with Gasteiger partial charge in [0, 0.05) is 23.0 Å². The maximum absolute atomic E-state index is 12.9. The number of aryl methyl sites for hydroxylation is 1. The third kappa shape index (κ3) is 3.63. The van der Waals surface area contributed by atoms with Crippen molar-refractivity contribution in [2.24, 2.45) is 11.8 Å². The van der Waals surface area contributed by atoms with E-state index in [-0.39, 0.29) is 22.9 Å². The number of pyridine rings is 2. The summed E-state index contributed by atoms with van der Waals surface area (Å²) in [5, 5.41) is 6.50. The van der Waals surface area contributed by atoms with Crippen LogP contribution >= 0.6 is 0 Å². The van der Waals surface area contributed by atoms with Gasteiger partial charge < -0.3 is 19.8 Å². The van der Waals surface area contributed by atoms with Crippen LogP contribution < -0.4 is 15.4 Å². The fourth-order valence-corrected chi connectivity index (χ4v) is 6.87. The predicted octanol–water partition coefficient (Wildman–Crippen LogP) is 3.65. The molecule has 0 aliphatic heterocycles. The summed E-state index contributed by atoms with van der Waals surface area (Å²) < 4.78 is 7.50. The molecule has 3 aromatic rings. The molecule has 33 heavy (non-hydrogen) atoms. The number of nitrogens with zero attached hydrogens (tertiary/aromatic N) is 3. The van der Waals surface area contributed by atoms with E-state index in [0.29, 0.717) is 24.0 Å². The smallest absolute Gasteiger partial charge is 0.390 e. The fourth-order valence-electron chi connectivity index (χ4n) is 6.87.